The first-order valence-electron chi connectivity index (χ1n) is 9.22. The summed E-state index contributed by atoms with van der Waals surface area (Å²) in [4.78, 5) is 19.4. The fourth-order valence-corrected chi connectivity index (χ4v) is 3.74. The summed E-state index contributed by atoms with van der Waals surface area (Å²) in [5.41, 5.74) is 2.67. The van der Waals surface area contributed by atoms with Gasteiger partial charge in [0, 0.05) is 22.5 Å². The maximum absolute atomic E-state index is 12.9. The molecule has 4 nitrogen and oxygen atoms in total. The minimum Gasteiger partial charge on any atom is -0.486 e. The number of aryl methyl sites for hydroxylation is 1. The summed E-state index contributed by atoms with van der Waals surface area (Å²) in [7, 11) is 0. The number of rotatable bonds is 8. The molecule has 0 atom stereocenters. The number of carbonyl (C=O) groups is 1. The molecule has 146 valence electrons. The van der Waals surface area contributed by atoms with Crippen LogP contribution in [0.1, 0.15) is 40.0 Å². The number of hydrogen-bond donors (Lipinski definition) is 0. The van der Waals surface area contributed by atoms with E-state index in [0.717, 1.165) is 22.7 Å². The van der Waals surface area contributed by atoms with Crippen LogP contribution in [0, 0.1) is 6.92 Å². The smallest absolute Gasteiger partial charge is 0.254 e. The van der Waals surface area contributed by atoms with Crippen molar-refractivity contribution in [1.82, 2.24) is 9.88 Å². The fourth-order valence-electron chi connectivity index (χ4n) is 2.87. The van der Waals surface area contributed by atoms with Crippen LogP contribution in [0.4, 0.5) is 0 Å². The van der Waals surface area contributed by atoms with Gasteiger partial charge in [0.15, 0.2) is 0 Å². The van der Waals surface area contributed by atoms with Crippen LogP contribution < -0.4 is 4.74 Å². The summed E-state index contributed by atoms with van der Waals surface area (Å²) in [6.07, 6.45) is 0.895. The van der Waals surface area contributed by atoms with E-state index in [1.54, 1.807) is 6.07 Å². The van der Waals surface area contributed by atoms with Crippen LogP contribution in [0.15, 0.2) is 53.9 Å². The lowest BCUT2D eigenvalue weighted by atomic mass is 10.1. The van der Waals surface area contributed by atoms with Gasteiger partial charge in [0.1, 0.15) is 17.4 Å². The lowest BCUT2D eigenvalue weighted by molar-refractivity contribution is 0.0741. The number of aromatic nitrogens is 1. The quantitative estimate of drug-likeness (QED) is 0.472. The topological polar surface area (TPSA) is 42.4 Å². The molecule has 1 amide bonds. The maximum Gasteiger partial charge on any atom is 0.254 e. The molecular formula is C22H23ClN2O2S. The Morgan fingerprint density at radius 1 is 1.21 bits per heavy atom. The first kappa shape index (κ1) is 20.4. The highest BCUT2D eigenvalue weighted by atomic mass is 35.5. The molecule has 0 bridgehead atoms. The van der Waals surface area contributed by atoms with Crippen molar-refractivity contribution in [3.8, 4) is 5.75 Å². The van der Waals surface area contributed by atoms with Crippen LogP contribution in [0.2, 0.25) is 5.02 Å². The minimum atomic E-state index is 0.0373. The van der Waals surface area contributed by atoms with E-state index in [1.807, 2.05) is 59.7 Å². The first-order valence-corrected chi connectivity index (χ1v) is 10.5. The van der Waals surface area contributed by atoms with Gasteiger partial charge in [0.2, 0.25) is 0 Å². The lowest BCUT2D eigenvalue weighted by Gasteiger charge is -2.21. The Labute approximate surface area is 174 Å². The van der Waals surface area contributed by atoms with Crippen molar-refractivity contribution in [2.24, 2.45) is 0 Å². The minimum absolute atomic E-state index is 0.0373. The number of ether oxygens (including phenoxy) is 1. The van der Waals surface area contributed by atoms with Gasteiger partial charge in [0.25, 0.3) is 5.91 Å². The number of benzene rings is 2. The van der Waals surface area contributed by atoms with Crippen molar-refractivity contribution in [3.05, 3.63) is 80.8 Å². The third-order valence-electron chi connectivity index (χ3n) is 4.16. The van der Waals surface area contributed by atoms with Crippen LogP contribution >= 0.6 is 22.9 Å². The molecule has 0 saturated heterocycles. The van der Waals surface area contributed by atoms with Gasteiger partial charge in [-0.15, -0.1) is 11.3 Å². The molecule has 28 heavy (non-hydrogen) atoms. The SMILES string of the molecule is CCCN(Cc1csc(COc2cccc(Cl)c2)n1)C(=O)c1cccc(C)c1. The molecule has 1 aromatic heterocycles. The van der Waals surface area contributed by atoms with Crippen molar-refractivity contribution in [2.75, 3.05) is 6.54 Å². The van der Waals surface area contributed by atoms with Crippen LogP contribution in [0.5, 0.6) is 5.75 Å². The molecule has 6 heteroatoms. The van der Waals surface area contributed by atoms with Crippen LogP contribution in [-0.4, -0.2) is 22.3 Å². The van der Waals surface area contributed by atoms with Gasteiger partial charge in [0.05, 0.1) is 12.2 Å². The zero-order valence-corrected chi connectivity index (χ0v) is 17.6. The van der Waals surface area contributed by atoms with E-state index in [9.17, 15) is 4.79 Å². The molecule has 0 aliphatic rings. The fraction of sp³-hybridized carbons (Fsp3) is 0.273. The predicted octanol–water partition coefficient (Wildman–Crippen LogP) is 5.74. The standard InChI is InChI=1S/C22H23ClN2O2S/c1-3-10-25(22(26)17-7-4-6-16(2)11-17)13-19-15-28-21(24-19)14-27-20-9-5-8-18(23)12-20/h4-9,11-12,15H,3,10,13-14H2,1-2H3. The third-order valence-corrected chi connectivity index (χ3v) is 5.26. The molecule has 0 aliphatic heterocycles. The zero-order chi connectivity index (χ0) is 19.9. The number of thiazole rings is 1. The van der Waals surface area contributed by atoms with E-state index in [1.165, 1.54) is 11.3 Å². The summed E-state index contributed by atoms with van der Waals surface area (Å²) >= 11 is 7.51. The Balaban J connectivity index is 1.64. The molecule has 0 unspecified atom stereocenters. The highest BCUT2D eigenvalue weighted by molar-refractivity contribution is 7.09. The van der Waals surface area contributed by atoms with E-state index >= 15 is 0 Å². The first-order chi connectivity index (χ1) is 13.5. The van der Waals surface area contributed by atoms with E-state index in [4.69, 9.17) is 16.3 Å². The van der Waals surface area contributed by atoms with E-state index in [0.29, 0.717) is 36.0 Å². The number of halogens is 1. The Morgan fingerprint density at radius 2 is 2.04 bits per heavy atom. The highest BCUT2D eigenvalue weighted by Gasteiger charge is 2.17. The monoisotopic (exact) mass is 414 g/mol. The summed E-state index contributed by atoms with van der Waals surface area (Å²) in [5.74, 6) is 0.752. The molecule has 1 heterocycles. The van der Waals surface area contributed by atoms with Crippen molar-refractivity contribution >= 4 is 28.8 Å². The number of carbonyl (C=O) groups excluding carboxylic acids is 1. The van der Waals surface area contributed by atoms with Gasteiger partial charge >= 0.3 is 0 Å². The van der Waals surface area contributed by atoms with Crippen molar-refractivity contribution in [2.45, 2.75) is 33.4 Å². The molecule has 3 rings (SSSR count). The van der Waals surface area contributed by atoms with Crippen LogP contribution in [-0.2, 0) is 13.2 Å². The van der Waals surface area contributed by atoms with Gasteiger partial charge in [-0.25, -0.2) is 4.98 Å². The molecule has 0 saturated carbocycles. The molecule has 0 fully saturated rings. The number of hydrogen-bond acceptors (Lipinski definition) is 4. The Hall–Kier alpha value is -2.37. The van der Waals surface area contributed by atoms with Crippen LogP contribution in [0.3, 0.4) is 0 Å². The van der Waals surface area contributed by atoms with Crippen LogP contribution in [0.25, 0.3) is 0 Å². The highest BCUT2D eigenvalue weighted by Crippen LogP contribution is 2.20. The Morgan fingerprint density at radius 3 is 2.79 bits per heavy atom. The maximum atomic E-state index is 12.9. The number of nitrogens with zero attached hydrogens (tertiary/aromatic N) is 2. The normalized spacial score (nSPS) is 10.7. The zero-order valence-electron chi connectivity index (χ0n) is 16.0. The van der Waals surface area contributed by atoms with E-state index in [-0.39, 0.29) is 5.91 Å². The third kappa shape index (κ3) is 5.57. The predicted molar refractivity (Wildman–Crippen MR) is 114 cm³/mol. The van der Waals surface area contributed by atoms with Crippen molar-refractivity contribution < 1.29 is 9.53 Å². The molecule has 0 radical (unpaired) electrons. The molecule has 0 aliphatic carbocycles. The van der Waals surface area contributed by atoms with Crippen molar-refractivity contribution in [1.29, 1.82) is 0 Å². The van der Waals surface area contributed by atoms with Gasteiger partial charge in [-0.3, -0.25) is 4.79 Å². The summed E-state index contributed by atoms with van der Waals surface area (Å²) < 4.78 is 5.75. The lowest BCUT2D eigenvalue weighted by Crippen LogP contribution is -2.31. The molecule has 0 N–H and O–H groups in total. The summed E-state index contributed by atoms with van der Waals surface area (Å²) in [5, 5.41) is 3.50. The van der Waals surface area contributed by atoms with Crippen molar-refractivity contribution in [3.63, 3.8) is 0 Å². The molecular weight excluding hydrogens is 392 g/mol. The van der Waals surface area contributed by atoms with Gasteiger partial charge < -0.3 is 9.64 Å². The van der Waals surface area contributed by atoms with Gasteiger partial charge in [-0.2, -0.15) is 0 Å². The molecule has 2 aromatic carbocycles. The number of amides is 1. The molecule has 0 spiro atoms. The Kier molecular flexibility index (Phi) is 7.06. The van der Waals surface area contributed by atoms with E-state index < -0.39 is 0 Å². The van der Waals surface area contributed by atoms with E-state index in [2.05, 4.69) is 11.9 Å². The van der Waals surface area contributed by atoms with Gasteiger partial charge in [-0.1, -0.05) is 42.3 Å². The average molecular weight is 415 g/mol. The Bertz CT molecular complexity index is 942. The summed E-state index contributed by atoms with van der Waals surface area (Å²) in [6, 6.07) is 15.0. The molecule has 3 aromatic rings. The average Bonchev–Trinajstić information content (AvgIpc) is 3.13. The van der Waals surface area contributed by atoms with Gasteiger partial charge in [-0.05, 0) is 43.7 Å². The summed E-state index contributed by atoms with van der Waals surface area (Å²) in [6.45, 7) is 5.63. The largest absolute Gasteiger partial charge is 0.486 e. The second kappa shape index (κ2) is 9.71. The second-order valence-corrected chi connectivity index (χ2v) is 7.95. The second-order valence-electron chi connectivity index (χ2n) is 6.57.